The van der Waals surface area contributed by atoms with Crippen LogP contribution < -0.4 is 10.6 Å². The van der Waals surface area contributed by atoms with Gasteiger partial charge >= 0.3 is 6.03 Å². The van der Waals surface area contributed by atoms with E-state index >= 15 is 0 Å². The molecule has 0 aromatic rings. The van der Waals surface area contributed by atoms with Crippen LogP contribution in [0.15, 0.2) is 0 Å². The van der Waals surface area contributed by atoms with Gasteiger partial charge < -0.3 is 10.6 Å². The molecule has 3 nitrogen and oxygen atoms in total. The van der Waals surface area contributed by atoms with Gasteiger partial charge in [-0.15, -0.1) is 0 Å². The van der Waals surface area contributed by atoms with Crippen LogP contribution in [0.4, 0.5) is 4.79 Å². The maximum absolute atomic E-state index is 10.9. The summed E-state index contributed by atoms with van der Waals surface area (Å²) in [7, 11) is 1.62. The molecule has 4 heteroatoms. The maximum Gasteiger partial charge on any atom is 0.314 e. The van der Waals surface area contributed by atoms with E-state index in [2.05, 4.69) is 23.3 Å². The van der Waals surface area contributed by atoms with Crippen LogP contribution in [0.25, 0.3) is 0 Å². The molecule has 0 bridgehead atoms. The zero-order valence-electron chi connectivity index (χ0n) is 6.63. The Morgan fingerprint density at radius 3 is 2.73 bits per heavy atom. The second kappa shape index (κ2) is 3.85. The van der Waals surface area contributed by atoms with Gasteiger partial charge in [0.2, 0.25) is 0 Å². The van der Waals surface area contributed by atoms with Gasteiger partial charge in [0.05, 0.1) is 0 Å². The van der Waals surface area contributed by atoms with Crippen molar-refractivity contribution >= 4 is 18.7 Å². The minimum absolute atomic E-state index is 0.101. The molecule has 0 saturated heterocycles. The minimum Gasteiger partial charge on any atom is -0.341 e. The van der Waals surface area contributed by atoms with Crippen molar-refractivity contribution < 1.29 is 4.79 Å². The van der Waals surface area contributed by atoms with E-state index in [1.807, 2.05) is 0 Å². The van der Waals surface area contributed by atoms with Crippen LogP contribution >= 0.6 is 12.6 Å². The van der Waals surface area contributed by atoms with Crippen molar-refractivity contribution in [1.82, 2.24) is 10.6 Å². The van der Waals surface area contributed by atoms with Crippen LogP contribution in [0.2, 0.25) is 0 Å². The molecule has 0 radical (unpaired) electrons. The maximum atomic E-state index is 10.9. The average Bonchev–Trinajstić information content (AvgIpc) is 2.37. The van der Waals surface area contributed by atoms with Crippen LogP contribution in [-0.4, -0.2) is 24.4 Å². The fourth-order valence-electron chi connectivity index (χ4n) is 1.35. The third kappa shape index (κ3) is 2.29. The molecule has 0 aliphatic heterocycles. The topological polar surface area (TPSA) is 41.1 Å². The molecule has 0 aromatic heterocycles. The number of rotatable bonds is 1. The SMILES string of the molecule is CNC(=O)N[C@H]1CCC[C@@H]1S. The lowest BCUT2D eigenvalue weighted by atomic mass is 10.2. The average molecular weight is 174 g/mol. The molecule has 1 fully saturated rings. The Balaban J connectivity index is 2.30. The molecule has 1 rings (SSSR count). The second-order valence-electron chi connectivity index (χ2n) is 2.83. The highest BCUT2D eigenvalue weighted by atomic mass is 32.1. The smallest absolute Gasteiger partial charge is 0.314 e. The highest BCUT2D eigenvalue weighted by molar-refractivity contribution is 7.81. The molecule has 64 valence electrons. The van der Waals surface area contributed by atoms with Crippen LogP contribution in [0.5, 0.6) is 0 Å². The predicted octanol–water partition coefficient (Wildman–Crippen LogP) is 0.766. The lowest BCUT2D eigenvalue weighted by Gasteiger charge is -2.15. The van der Waals surface area contributed by atoms with Crippen molar-refractivity contribution in [3.63, 3.8) is 0 Å². The molecule has 1 saturated carbocycles. The lowest BCUT2D eigenvalue weighted by Crippen LogP contribution is -2.42. The third-order valence-electron chi connectivity index (χ3n) is 2.02. The highest BCUT2D eigenvalue weighted by Crippen LogP contribution is 2.23. The first-order valence-electron chi connectivity index (χ1n) is 3.90. The van der Waals surface area contributed by atoms with Gasteiger partial charge in [-0.25, -0.2) is 4.79 Å². The van der Waals surface area contributed by atoms with Crippen molar-refractivity contribution in [2.45, 2.75) is 30.6 Å². The van der Waals surface area contributed by atoms with E-state index in [1.54, 1.807) is 7.05 Å². The first-order chi connectivity index (χ1) is 5.24. The Bertz CT molecular complexity index is 151. The molecule has 1 aliphatic carbocycles. The van der Waals surface area contributed by atoms with Gasteiger partial charge in [-0.05, 0) is 12.8 Å². The molecule has 0 unspecified atom stereocenters. The van der Waals surface area contributed by atoms with Crippen molar-refractivity contribution in [2.24, 2.45) is 0 Å². The van der Waals surface area contributed by atoms with Gasteiger partial charge in [-0.2, -0.15) is 12.6 Å². The molecule has 2 amide bonds. The summed E-state index contributed by atoms with van der Waals surface area (Å²) in [5.41, 5.74) is 0. The normalized spacial score (nSPS) is 30.0. The predicted molar refractivity (Wildman–Crippen MR) is 48.0 cm³/mol. The summed E-state index contributed by atoms with van der Waals surface area (Å²) in [5.74, 6) is 0. The van der Waals surface area contributed by atoms with Crippen molar-refractivity contribution in [1.29, 1.82) is 0 Å². The largest absolute Gasteiger partial charge is 0.341 e. The van der Waals surface area contributed by atoms with Gasteiger partial charge in [-0.1, -0.05) is 6.42 Å². The molecule has 0 heterocycles. The van der Waals surface area contributed by atoms with E-state index < -0.39 is 0 Å². The Morgan fingerprint density at radius 1 is 1.55 bits per heavy atom. The van der Waals surface area contributed by atoms with E-state index in [4.69, 9.17) is 0 Å². The highest BCUT2D eigenvalue weighted by Gasteiger charge is 2.24. The summed E-state index contributed by atoms with van der Waals surface area (Å²) in [6.07, 6.45) is 3.34. The van der Waals surface area contributed by atoms with Gasteiger partial charge in [-0.3, -0.25) is 0 Å². The molecule has 1 aliphatic rings. The molecule has 2 atom stereocenters. The Hall–Kier alpha value is -0.380. The molecule has 11 heavy (non-hydrogen) atoms. The number of nitrogens with one attached hydrogen (secondary N) is 2. The Labute approximate surface area is 72.3 Å². The van der Waals surface area contributed by atoms with Crippen LogP contribution in [0.1, 0.15) is 19.3 Å². The third-order valence-corrected chi connectivity index (χ3v) is 2.64. The Morgan fingerprint density at radius 2 is 2.27 bits per heavy atom. The lowest BCUT2D eigenvalue weighted by molar-refractivity contribution is 0.239. The quantitative estimate of drug-likeness (QED) is 0.505. The molecule has 2 N–H and O–H groups in total. The Kier molecular flexibility index (Phi) is 3.05. The summed E-state index contributed by atoms with van der Waals surface area (Å²) in [6, 6.07) is 0.161. The van der Waals surface area contributed by atoms with Gasteiger partial charge in [0.1, 0.15) is 0 Å². The summed E-state index contributed by atoms with van der Waals surface area (Å²) in [4.78, 5) is 10.9. The van der Waals surface area contributed by atoms with Crippen molar-refractivity contribution in [3.8, 4) is 0 Å². The number of amides is 2. The number of carbonyl (C=O) groups excluding carboxylic acids is 1. The molecule has 0 spiro atoms. The van der Waals surface area contributed by atoms with Crippen LogP contribution in [-0.2, 0) is 0 Å². The van der Waals surface area contributed by atoms with Gasteiger partial charge in [0, 0.05) is 18.3 Å². The second-order valence-corrected chi connectivity index (χ2v) is 3.49. The number of hydrogen-bond donors (Lipinski definition) is 3. The molecular weight excluding hydrogens is 160 g/mol. The fraction of sp³-hybridized carbons (Fsp3) is 0.857. The first kappa shape index (κ1) is 8.71. The number of urea groups is 1. The summed E-state index contributed by atoms with van der Waals surface area (Å²) >= 11 is 4.36. The molecule has 0 aromatic carbocycles. The standard InChI is InChI=1S/C7H14N2OS/c1-8-7(10)9-5-3-2-4-6(5)11/h5-6,11H,2-4H2,1H3,(H2,8,9,10)/t5-,6-/m0/s1. The van der Waals surface area contributed by atoms with Crippen LogP contribution in [0, 0.1) is 0 Å². The monoisotopic (exact) mass is 174 g/mol. The van der Waals surface area contributed by atoms with E-state index in [0.29, 0.717) is 5.25 Å². The summed E-state index contributed by atoms with van der Waals surface area (Å²) < 4.78 is 0. The van der Waals surface area contributed by atoms with Crippen molar-refractivity contribution in [3.05, 3.63) is 0 Å². The van der Waals surface area contributed by atoms with E-state index in [9.17, 15) is 4.79 Å². The van der Waals surface area contributed by atoms with Gasteiger partial charge in [0.25, 0.3) is 0 Å². The van der Waals surface area contributed by atoms with E-state index in [-0.39, 0.29) is 12.1 Å². The first-order valence-corrected chi connectivity index (χ1v) is 4.42. The number of thiol groups is 1. The summed E-state index contributed by atoms with van der Waals surface area (Å²) in [6.45, 7) is 0. The van der Waals surface area contributed by atoms with Gasteiger partial charge in [0.15, 0.2) is 0 Å². The number of carbonyl (C=O) groups is 1. The van der Waals surface area contributed by atoms with E-state index in [0.717, 1.165) is 12.8 Å². The zero-order chi connectivity index (χ0) is 8.27. The van der Waals surface area contributed by atoms with E-state index in [1.165, 1.54) is 6.42 Å². The zero-order valence-corrected chi connectivity index (χ0v) is 7.53. The van der Waals surface area contributed by atoms with Crippen molar-refractivity contribution in [2.75, 3.05) is 7.05 Å². The molecular formula is C7H14N2OS. The van der Waals surface area contributed by atoms with Crippen LogP contribution in [0.3, 0.4) is 0 Å². The minimum atomic E-state index is -0.101. The fourth-order valence-corrected chi connectivity index (χ4v) is 1.76. The number of hydrogen-bond acceptors (Lipinski definition) is 2. The summed E-state index contributed by atoms with van der Waals surface area (Å²) in [5, 5.41) is 5.72.